The van der Waals surface area contributed by atoms with E-state index in [1.165, 1.54) is 11.3 Å². The van der Waals surface area contributed by atoms with Crippen LogP contribution in [0.2, 0.25) is 5.02 Å². The SMILES string of the molecule is Nn1c(Cc2ccccc2)nn(CC(=O)N/N=c2\scc(-c3ccc(Cl)cc3)n2Cc2ccccc2)c1=O. The lowest BCUT2D eigenvalue weighted by Crippen LogP contribution is -2.35. The van der Waals surface area contributed by atoms with Crippen molar-refractivity contribution in [3.63, 3.8) is 0 Å². The van der Waals surface area contributed by atoms with Gasteiger partial charge in [-0.05, 0) is 28.8 Å². The second kappa shape index (κ2) is 11.3. The van der Waals surface area contributed by atoms with E-state index in [2.05, 4.69) is 15.6 Å². The number of nitrogens with two attached hydrogens (primary N) is 1. The Kier molecular flexibility index (Phi) is 7.52. The van der Waals surface area contributed by atoms with Gasteiger partial charge in [-0.3, -0.25) is 4.79 Å². The molecule has 0 radical (unpaired) electrons. The molecule has 5 rings (SSSR count). The van der Waals surface area contributed by atoms with Gasteiger partial charge < -0.3 is 10.4 Å². The summed E-state index contributed by atoms with van der Waals surface area (Å²) >= 11 is 7.47. The summed E-state index contributed by atoms with van der Waals surface area (Å²) in [6.45, 7) is 0.235. The van der Waals surface area contributed by atoms with E-state index in [-0.39, 0.29) is 6.54 Å². The number of halogens is 1. The van der Waals surface area contributed by atoms with Crippen molar-refractivity contribution >= 4 is 28.8 Å². The molecule has 0 unspecified atom stereocenters. The Hall–Kier alpha value is -4.41. The van der Waals surface area contributed by atoms with E-state index in [0.717, 1.165) is 31.7 Å². The number of rotatable bonds is 8. The van der Waals surface area contributed by atoms with Crippen LogP contribution in [0, 0.1) is 0 Å². The van der Waals surface area contributed by atoms with Crippen LogP contribution in [0.4, 0.5) is 0 Å². The summed E-state index contributed by atoms with van der Waals surface area (Å²) in [6, 6.07) is 27.0. The van der Waals surface area contributed by atoms with Crippen LogP contribution in [0.15, 0.2) is 100 Å². The highest BCUT2D eigenvalue weighted by Gasteiger charge is 2.15. The number of aromatic nitrogens is 4. The maximum atomic E-state index is 12.7. The lowest BCUT2D eigenvalue weighted by molar-refractivity contribution is -0.122. The van der Waals surface area contributed by atoms with E-state index in [4.69, 9.17) is 17.4 Å². The number of benzene rings is 3. The van der Waals surface area contributed by atoms with Gasteiger partial charge in [-0.15, -0.1) is 16.4 Å². The summed E-state index contributed by atoms with van der Waals surface area (Å²) < 4.78 is 4.01. The third-order valence-corrected chi connectivity index (χ3v) is 6.95. The minimum atomic E-state index is -0.577. The largest absolute Gasteiger partial charge is 0.365 e. The molecule has 3 N–H and O–H groups in total. The predicted molar refractivity (Wildman–Crippen MR) is 148 cm³/mol. The van der Waals surface area contributed by atoms with Crippen LogP contribution in [0.25, 0.3) is 11.3 Å². The van der Waals surface area contributed by atoms with Crippen LogP contribution in [-0.4, -0.2) is 24.9 Å². The Morgan fingerprint density at radius 2 is 1.63 bits per heavy atom. The fourth-order valence-electron chi connectivity index (χ4n) is 3.94. The molecule has 2 aromatic heterocycles. The molecule has 192 valence electrons. The molecule has 0 atom stereocenters. The number of carbonyl (C=O) groups excluding carboxylic acids is 1. The lowest BCUT2D eigenvalue weighted by Gasteiger charge is -2.10. The molecule has 11 heteroatoms. The number of carbonyl (C=O) groups is 1. The number of hydrogen-bond acceptors (Lipinski definition) is 6. The molecule has 9 nitrogen and oxygen atoms in total. The molecule has 0 aliphatic heterocycles. The first-order valence-corrected chi connectivity index (χ1v) is 13.0. The topological polar surface area (TPSA) is 112 Å². The van der Waals surface area contributed by atoms with Crippen molar-refractivity contribution < 1.29 is 4.79 Å². The van der Waals surface area contributed by atoms with Crippen LogP contribution < -0.4 is 21.8 Å². The van der Waals surface area contributed by atoms with Crippen LogP contribution >= 0.6 is 22.9 Å². The Morgan fingerprint density at radius 1 is 0.974 bits per heavy atom. The van der Waals surface area contributed by atoms with Crippen molar-refractivity contribution in [1.29, 1.82) is 0 Å². The third-order valence-electron chi connectivity index (χ3n) is 5.84. The van der Waals surface area contributed by atoms with E-state index in [1.54, 1.807) is 0 Å². The van der Waals surface area contributed by atoms with Crippen molar-refractivity contribution in [2.24, 2.45) is 5.10 Å². The van der Waals surface area contributed by atoms with Gasteiger partial charge in [0.05, 0.1) is 12.2 Å². The van der Waals surface area contributed by atoms with Crippen molar-refractivity contribution in [1.82, 2.24) is 24.4 Å². The Bertz CT molecular complexity index is 1670. The monoisotopic (exact) mass is 545 g/mol. The molecular formula is C27H24ClN7O2S. The molecule has 0 aliphatic carbocycles. The van der Waals surface area contributed by atoms with E-state index >= 15 is 0 Å². The van der Waals surface area contributed by atoms with Crippen LogP contribution in [-0.2, 0) is 24.3 Å². The fourth-order valence-corrected chi connectivity index (χ4v) is 4.93. The van der Waals surface area contributed by atoms with Gasteiger partial charge in [-0.2, -0.15) is 9.77 Å². The first-order valence-electron chi connectivity index (χ1n) is 11.8. The number of nitrogen functional groups attached to an aromatic ring is 1. The molecule has 0 saturated heterocycles. The number of hydrogen-bond donors (Lipinski definition) is 2. The molecule has 2 heterocycles. The van der Waals surface area contributed by atoms with E-state index in [1.807, 2.05) is 94.9 Å². The molecule has 0 aliphatic rings. The number of nitrogens with zero attached hydrogens (tertiary/aromatic N) is 5. The second-order valence-corrected chi connectivity index (χ2v) is 9.79. The van der Waals surface area contributed by atoms with Gasteiger partial charge in [0.25, 0.3) is 5.91 Å². The van der Waals surface area contributed by atoms with Crippen LogP contribution in [0.5, 0.6) is 0 Å². The highest BCUT2D eigenvalue weighted by molar-refractivity contribution is 7.07. The molecule has 1 amide bonds. The summed E-state index contributed by atoms with van der Waals surface area (Å²) in [5.74, 6) is 5.77. The maximum absolute atomic E-state index is 12.7. The minimum Gasteiger partial charge on any atom is -0.333 e. The van der Waals surface area contributed by atoms with Gasteiger partial charge in [-0.1, -0.05) is 84.4 Å². The Labute approximate surface area is 227 Å². The van der Waals surface area contributed by atoms with Crippen molar-refractivity contribution in [3.05, 3.63) is 128 Å². The first-order chi connectivity index (χ1) is 18.5. The molecular weight excluding hydrogens is 522 g/mol. The quantitative estimate of drug-likeness (QED) is 0.230. The third kappa shape index (κ3) is 5.77. The summed E-state index contributed by atoms with van der Waals surface area (Å²) in [6.07, 6.45) is 0.369. The van der Waals surface area contributed by atoms with Crippen LogP contribution in [0.1, 0.15) is 17.0 Å². The maximum Gasteiger partial charge on any atom is 0.365 e. The minimum absolute atomic E-state index is 0.317. The van der Waals surface area contributed by atoms with Crippen molar-refractivity contribution in [3.8, 4) is 11.3 Å². The molecule has 38 heavy (non-hydrogen) atoms. The number of thiazole rings is 1. The summed E-state index contributed by atoms with van der Waals surface area (Å²) in [5, 5.41) is 11.2. The molecule has 0 bridgehead atoms. The fraction of sp³-hybridized carbons (Fsp3) is 0.111. The summed E-state index contributed by atoms with van der Waals surface area (Å²) in [4.78, 5) is 25.9. The zero-order valence-corrected chi connectivity index (χ0v) is 21.8. The summed E-state index contributed by atoms with van der Waals surface area (Å²) in [5.41, 5.74) is 5.93. The summed E-state index contributed by atoms with van der Waals surface area (Å²) in [7, 11) is 0. The van der Waals surface area contributed by atoms with Gasteiger partial charge in [0.1, 0.15) is 6.54 Å². The van der Waals surface area contributed by atoms with Gasteiger partial charge in [0.15, 0.2) is 5.82 Å². The zero-order valence-electron chi connectivity index (χ0n) is 20.2. The molecule has 5 aromatic rings. The Balaban J connectivity index is 1.38. The normalized spacial score (nSPS) is 11.6. The first kappa shape index (κ1) is 25.2. The molecule has 0 spiro atoms. The zero-order chi connectivity index (χ0) is 26.5. The highest BCUT2D eigenvalue weighted by atomic mass is 35.5. The highest BCUT2D eigenvalue weighted by Crippen LogP contribution is 2.23. The van der Waals surface area contributed by atoms with Gasteiger partial charge >= 0.3 is 5.69 Å². The average molecular weight is 546 g/mol. The standard InChI is InChI=1S/C27H24ClN7O2S/c28-22-13-11-21(12-14-22)23-18-38-26(33(23)16-20-9-5-2-6-10-20)31-30-25(36)17-34-27(37)35(29)24(32-34)15-19-7-3-1-4-8-19/h1-14,18H,15-17,29H2,(H,30,36)/b31-26-. The van der Waals surface area contributed by atoms with Gasteiger partial charge in [0, 0.05) is 16.8 Å². The lowest BCUT2D eigenvalue weighted by atomic mass is 10.1. The Morgan fingerprint density at radius 3 is 2.32 bits per heavy atom. The van der Waals surface area contributed by atoms with Gasteiger partial charge in [0.2, 0.25) is 4.80 Å². The van der Waals surface area contributed by atoms with Crippen molar-refractivity contribution in [2.75, 3.05) is 5.84 Å². The smallest absolute Gasteiger partial charge is 0.333 e. The van der Waals surface area contributed by atoms with E-state index in [9.17, 15) is 9.59 Å². The molecule has 0 fully saturated rings. The number of amides is 1. The van der Waals surface area contributed by atoms with Crippen LogP contribution in [0.3, 0.4) is 0 Å². The number of nitrogens with one attached hydrogen (secondary N) is 1. The van der Waals surface area contributed by atoms with E-state index in [0.29, 0.717) is 28.6 Å². The predicted octanol–water partition coefficient (Wildman–Crippen LogP) is 3.21. The molecule has 0 saturated carbocycles. The average Bonchev–Trinajstić information content (AvgIpc) is 3.44. The van der Waals surface area contributed by atoms with Gasteiger partial charge in [-0.25, -0.2) is 14.9 Å². The van der Waals surface area contributed by atoms with E-state index < -0.39 is 11.6 Å². The molecule has 3 aromatic carbocycles. The second-order valence-electron chi connectivity index (χ2n) is 8.52. The van der Waals surface area contributed by atoms with Crippen molar-refractivity contribution in [2.45, 2.75) is 19.5 Å².